The average Bonchev–Trinajstić information content (AvgIpc) is 2.49. The zero-order valence-electron chi connectivity index (χ0n) is 11.3. The number of anilines is 1. The van der Waals surface area contributed by atoms with Crippen LogP contribution >= 0.6 is 12.2 Å². The van der Waals surface area contributed by atoms with Crippen molar-refractivity contribution in [1.29, 1.82) is 0 Å². The van der Waals surface area contributed by atoms with E-state index in [0.29, 0.717) is 5.69 Å². The van der Waals surface area contributed by atoms with Crippen LogP contribution in [-0.2, 0) is 0 Å². The summed E-state index contributed by atoms with van der Waals surface area (Å²) >= 11 is 5.05. The second-order valence-corrected chi connectivity index (χ2v) is 4.69. The van der Waals surface area contributed by atoms with E-state index in [-0.39, 0.29) is 16.4 Å². The molecule has 0 aliphatic rings. The monoisotopic (exact) mass is 314 g/mol. The van der Waals surface area contributed by atoms with Crippen LogP contribution in [0.15, 0.2) is 53.6 Å². The van der Waals surface area contributed by atoms with Crippen LogP contribution < -0.4 is 15.8 Å². The highest BCUT2D eigenvalue weighted by molar-refractivity contribution is 7.80. The van der Waals surface area contributed by atoms with Crippen LogP contribution in [0.25, 0.3) is 0 Å². The standard InChI is InChI=1S/C15H13N3O3S/c19-13-6-4-10(5-7-13)9-16-18-15(22)17-12-3-1-2-11(8-12)14(20)21/h1-9,19H,(H,20,21)(H2,17,18,22)/p-1/b16-9+. The van der Waals surface area contributed by atoms with Crippen molar-refractivity contribution in [2.45, 2.75) is 0 Å². The molecule has 0 atom stereocenters. The lowest BCUT2D eigenvalue weighted by Crippen LogP contribution is -2.24. The van der Waals surface area contributed by atoms with E-state index in [2.05, 4.69) is 15.8 Å². The minimum absolute atomic E-state index is 0.0689. The lowest BCUT2D eigenvalue weighted by atomic mass is 10.2. The summed E-state index contributed by atoms with van der Waals surface area (Å²) < 4.78 is 0. The molecule has 0 saturated heterocycles. The minimum Gasteiger partial charge on any atom is -0.872 e. The number of nitrogens with one attached hydrogen (secondary N) is 2. The van der Waals surface area contributed by atoms with Crippen LogP contribution in [0.3, 0.4) is 0 Å². The van der Waals surface area contributed by atoms with E-state index in [1.807, 2.05) is 0 Å². The van der Waals surface area contributed by atoms with E-state index in [1.165, 1.54) is 30.5 Å². The van der Waals surface area contributed by atoms with Crippen LogP contribution in [-0.4, -0.2) is 22.4 Å². The molecular weight excluding hydrogens is 302 g/mol. The van der Waals surface area contributed by atoms with Crippen molar-refractivity contribution in [2.24, 2.45) is 5.10 Å². The average molecular weight is 314 g/mol. The number of carboxylic acid groups (broad SMARTS) is 1. The summed E-state index contributed by atoms with van der Waals surface area (Å²) in [4.78, 5) is 10.9. The van der Waals surface area contributed by atoms with E-state index in [1.54, 1.807) is 24.3 Å². The number of carboxylic acids is 1. The van der Waals surface area contributed by atoms with Gasteiger partial charge in [-0.1, -0.05) is 30.3 Å². The maximum absolute atomic E-state index is 10.9. The highest BCUT2D eigenvalue weighted by atomic mass is 32.1. The molecule has 2 aromatic rings. The molecule has 2 rings (SSSR count). The van der Waals surface area contributed by atoms with Crippen LogP contribution in [0, 0.1) is 0 Å². The number of benzene rings is 2. The third-order valence-electron chi connectivity index (χ3n) is 2.63. The van der Waals surface area contributed by atoms with Gasteiger partial charge in [-0.25, -0.2) is 4.79 Å². The van der Waals surface area contributed by atoms with Gasteiger partial charge in [-0.2, -0.15) is 5.10 Å². The first-order chi connectivity index (χ1) is 10.5. The third kappa shape index (κ3) is 4.57. The van der Waals surface area contributed by atoms with Crippen LogP contribution in [0.5, 0.6) is 5.75 Å². The third-order valence-corrected chi connectivity index (χ3v) is 2.82. The molecule has 112 valence electrons. The molecule has 0 radical (unpaired) electrons. The Morgan fingerprint density at radius 2 is 1.95 bits per heavy atom. The van der Waals surface area contributed by atoms with Gasteiger partial charge in [0.25, 0.3) is 0 Å². The molecule has 0 bridgehead atoms. The summed E-state index contributed by atoms with van der Waals surface area (Å²) in [5, 5.41) is 26.8. The Balaban J connectivity index is 1.91. The lowest BCUT2D eigenvalue weighted by molar-refractivity contribution is -0.268. The van der Waals surface area contributed by atoms with Gasteiger partial charge in [0.1, 0.15) is 0 Å². The summed E-state index contributed by atoms with van der Waals surface area (Å²) in [5.74, 6) is -1.08. The van der Waals surface area contributed by atoms with Crippen molar-refractivity contribution in [3.8, 4) is 5.75 Å². The second kappa shape index (κ2) is 7.19. The summed E-state index contributed by atoms with van der Waals surface area (Å²) in [6.45, 7) is 0. The van der Waals surface area contributed by atoms with Gasteiger partial charge < -0.3 is 15.5 Å². The van der Waals surface area contributed by atoms with E-state index < -0.39 is 5.97 Å². The summed E-state index contributed by atoms with van der Waals surface area (Å²) in [7, 11) is 0. The number of hydrazone groups is 1. The van der Waals surface area contributed by atoms with Gasteiger partial charge in [-0.3, -0.25) is 5.43 Å². The minimum atomic E-state index is -1.01. The molecule has 0 aromatic heterocycles. The van der Waals surface area contributed by atoms with Gasteiger partial charge in [0.05, 0.1) is 11.8 Å². The van der Waals surface area contributed by atoms with Gasteiger partial charge >= 0.3 is 5.97 Å². The van der Waals surface area contributed by atoms with E-state index in [9.17, 15) is 9.90 Å². The van der Waals surface area contributed by atoms with Gasteiger partial charge in [0, 0.05) is 5.69 Å². The quantitative estimate of drug-likeness (QED) is 0.452. The maximum Gasteiger partial charge on any atom is 0.335 e. The molecule has 2 aromatic carbocycles. The topological polar surface area (TPSA) is 96.8 Å². The lowest BCUT2D eigenvalue weighted by Gasteiger charge is -2.07. The number of carbonyl (C=O) groups is 1. The fourth-order valence-electron chi connectivity index (χ4n) is 1.61. The molecule has 0 aliphatic heterocycles. The number of hydrogen-bond acceptors (Lipinski definition) is 4. The molecule has 0 aliphatic carbocycles. The van der Waals surface area contributed by atoms with Gasteiger partial charge in [-0.05, 0) is 36.0 Å². The Kier molecular flexibility index (Phi) is 5.05. The molecule has 6 nitrogen and oxygen atoms in total. The number of hydrogen-bond donors (Lipinski definition) is 3. The van der Waals surface area contributed by atoms with E-state index in [0.717, 1.165) is 5.56 Å². The number of rotatable bonds is 4. The fraction of sp³-hybridized carbons (Fsp3) is 0. The van der Waals surface area contributed by atoms with E-state index >= 15 is 0 Å². The van der Waals surface area contributed by atoms with Gasteiger partial charge in [0.2, 0.25) is 0 Å². The van der Waals surface area contributed by atoms with Crippen molar-refractivity contribution in [3.63, 3.8) is 0 Å². The smallest absolute Gasteiger partial charge is 0.335 e. The Bertz CT molecular complexity index is 714. The summed E-state index contributed by atoms with van der Waals surface area (Å²) in [6.07, 6.45) is 1.51. The van der Waals surface area contributed by atoms with Crippen molar-refractivity contribution >= 4 is 35.2 Å². The Morgan fingerprint density at radius 3 is 2.64 bits per heavy atom. The van der Waals surface area contributed by atoms with Gasteiger partial charge in [-0.15, -0.1) is 5.75 Å². The molecule has 0 heterocycles. The highest BCUT2D eigenvalue weighted by Crippen LogP contribution is 2.10. The van der Waals surface area contributed by atoms with E-state index in [4.69, 9.17) is 17.3 Å². The molecule has 0 unspecified atom stereocenters. The van der Waals surface area contributed by atoms with Crippen molar-refractivity contribution in [2.75, 3.05) is 5.32 Å². The van der Waals surface area contributed by atoms with Gasteiger partial charge in [0.15, 0.2) is 5.11 Å². The number of thiocarbonyl (C=S) groups is 1. The molecule has 0 fully saturated rings. The maximum atomic E-state index is 10.9. The fourth-order valence-corrected chi connectivity index (χ4v) is 1.78. The first-order valence-corrected chi connectivity index (χ1v) is 6.66. The normalized spacial score (nSPS) is 10.4. The van der Waals surface area contributed by atoms with Crippen molar-refractivity contribution < 1.29 is 15.0 Å². The highest BCUT2D eigenvalue weighted by Gasteiger charge is 2.03. The Labute approximate surface area is 132 Å². The Morgan fingerprint density at radius 1 is 1.23 bits per heavy atom. The largest absolute Gasteiger partial charge is 0.872 e. The molecule has 0 saturated carbocycles. The molecular formula is C15H12N3O3S-. The molecule has 0 amide bonds. The van der Waals surface area contributed by atoms with Crippen LogP contribution in [0.2, 0.25) is 0 Å². The van der Waals surface area contributed by atoms with Crippen LogP contribution in [0.1, 0.15) is 15.9 Å². The summed E-state index contributed by atoms with van der Waals surface area (Å²) in [6, 6.07) is 12.4. The van der Waals surface area contributed by atoms with Crippen LogP contribution in [0.4, 0.5) is 5.69 Å². The number of nitrogens with zero attached hydrogens (tertiary/aromatic N) is 1. The number of aromatic carboxylic acids is 1. The zero-order chi connectivity index (χ0) is 15.9. The predicted octanol–water partition coefficient (Wildman–Crippen LogP) is 1.78. The first-order valence-electron chi connectivity index (χ1n) is 6.25. The summed E-state index contributed by atoms with van der Waals surface area (Å²) in [5.41, 5.74) is 4.07. The predicted molar refractivity (Wildman–Crippen MR) is 86.2 cm³/mol. The zero-order valence-corrected chi connectivity index (χ0v) is 12.1. The molecule has 22 heavy (non-hydrogen) atoms. The molecule has 3 N–H and O–H groups in total. The first kappa shape index (κ1) is 15.5. The molecule has 0 spiro atoms. The Hall–Kier alpha value is -2.93. The second-order valence-electron chi connectivity index (χ2n) is 4.28. The SMILES string of the molecule is O=C(O)c1cccc(NC(=S)N/N=C/c2ccc([O-])cc2)c1. The van der Waals surface area contributed by atoms with Crippen molar-refractivity contribution in [3.05, 3.63) is 59.7 Å². The van der Waals surface area contributed by atoms with Crippen molar-refractivity contribution in [1.82, 2.24) is 5.43 Å². The molecule has 7 heteroatoms.